The number of anilines is 1. The Hall–Kier alpha value is -1.69. The Bertz CT molecular complexity index is 487. The molecule has 3 N–H and O–H groups in total. The normalized spacial score (nSPS) is 10.4. The third kappa shape index (κ3) is 2.21. The predicted octanol–water partition coefficient (Wildman–Crippen LogP) is 1.16. The third-order valence-corrected chi connectivity index (χ3v) is 2.45. The van der Waals surface area contributed by atoms with E-state index in [0.717, 1.165) is 12.0 Å². The van der Waals surface area contributed by atoms with Crippen LogP contribution < -0.4 is 5.73 Å². The van der Waals surface area contributed by atoms with Crippen LogP contribution in [0.25, 0.3) is 0 Å². The molecule has 0 bridgehead atoms. The molecule has 0 radical (unpaired) electrons. The lowest BCUT2D eigenvalue weighted by Gasteiger charge is -2.02. The van der Waals surface area contributed by atoms with Gasteiger partial charge in [-0.15, -0.1) is 5.10 Å². The topological polar surface area (TPSA) is 72.5 Å². The van der Waals surface area contributed by atoms with Gasteiger partial charge in [0.1, 0.15) is 0 Å². The molecule has 0 aromatic carbocycles. The number of rotatable bonds is 3. The molecule has 0 aliphatic carbocycles. The van der Waals surface area contributed by atoms with Crippen LogP contribution in [-0.4, -0.2) is 19.7 Å². The molecule has 5 nitrogen and oxygen atoms in total. The van der Waals surface area contributed by atoms with E-state index in [0.29, 0.717) is 17.3 Å². The maximum atomic E-state index is 5.64. The largest absolute Gasteiger partial charge is 0.368 e. The first-order valence-corrected chi connectivity index (χ1v) is 4.98. The number of nitrogens with two attached hydrogens (primary N) is 1. The highest BCUT2D eigenvalue weighted by Crippen LogP contribution is 2.03. The minimum Gasteiger partial charge on any atom is -0.368 e. The Morgan fingerprint density at radius 3 is 3.00 bits per heavy atom. The van der Waals surface area contributed by atoms with Crippen molar-refractivity contribution in [2.75, 3.05) is 5.73 Å². The average molecular weight is 221 g/mol. The van der Waals surface area contributed by atoms with E-state index in [1.165, 1.54) is 0 Å². The van der Waals surface area contributed by atoms with E-state index in [-0.39, 0.29) is 0 Å². The number of aromatic nitrogens is 4. The van der Waals surface area contributed by atoms with Crippen molar-refractivity contribution in [2.24, 2.45) is 0 Å². The number of nitrogen functional groups attached to an aromatic ring is 1. The molecule has 0 amide bonds. The molecule has 6 heteroatoms. The number of H-pyrrole nitrogens is 1. The van der Waals surface area contributed by atoms with E-state index in [9.17, 15) is 0 Å². The summed E-state index contributed by atoms with van der Waals surface area (Å²) in [6, 6.07) is 3.93. The maximum absolute atomic E-state index is 5.64. The quantitative estimate of drug-likeness (QED) is 0.763. The zero-order chi connectivity index (χ0) is 10.7. The molecular weight excluding hydrogens is 210 g/mol. The van der Waals surface area contributed by atoms with Crippen LogP contribution >= 0.6 is 12.2 Å². The molecule has 0 fully saturated rings. The molecule has 15 heavy (non-hydrogen) atoms. The van der Waals surface area contributed by atoms with Gasteiger partial charge < -0.3 is 5.73 Å². The van der Waals surface area contributed by atoms with Gasteiger partial charge in [0.2, 0.25) is 5.95 Å². The third-order valence-electron chi connectivity index (χ3n) is 2.13. The van der Waals surface area contributed by atoms with E-state index in [4.69, 9.17) is 18.0 Å². The van der Waals surface area contributed by atoms with Crippen LogP contribution in [0, 0.1) is 4.77 Å². The molecular formula is C9H11N5S. The molecule has 0 aliphatic heterocycles. The van der Waals surface area contributed by atoms with Crippen molar-refractivity contribution in [3.8, 4) is 0 Å². The van der Waals surface area contributed by atoms with Crippen molar-refractivity contribution in [1.82, 2.24) is 19.7 Å². The van der Waals surface area contributed by atoms with E-state index in [2.05, 4.69) is 15.2 Å². The van der Waals surface area contributed by atoms with Crippen molar-refractivity contribution in [1.29, 1.82) is 0 Å². The van der Waals surface area contributed by atoms with Gasteiger partial charge in [0.15, 0.2) is 4.77 Å². The van der Waals surface area contributed by atoms with Crippen molar-refractivity contribution in [3.05, 3.63) is 34.9 Å². The first-order chi connectivity index (χ1) is 7.27. The molecule has 0 unspecified atom stereocenters. The summed E-state index contributed by atoms with van der Waals surface area (Å²) in [6.45, 7) is 0.715. The number of aryl methyl sites for hydroxylation is 1. The number of nitrogens with zero attached hydrogens (tertiary/aromatic N) is 3. The Balaban J connectivity index is 2.09. The lowest BCUT2D eigenvalue weighted by Crippen LogP contribution is -2.05. The SMILES string of the molecule is Nc1n[nH]c(=S)n1CCc1cccnc1. The zero-order valence-corrected chi connectivity index (χ0v) is 8.87. The van der Waals surface area contributed by atoms with Crippen molar-refractivity contribution in [2.45, 2.75) is 13.0 Å². The highest BCUT2D eigenvalue weighted by atomic mass is 32.1. The monoisotopic (exact) mass is 221 g/mol. The first-order valence-electron chi connectivity index (χ1n) is 4.57. The second-order valence-corrected chi connectivity index (χ2v) is 3.54. The Kier molecular flexibility index (Phi) is 2.77. The molecule has 0 atom stereocenters. The van der Waals surface area contributed by atoms with Gasteiger partial charge in [0.25, 0.3) is 0 Å². The fraction of sp³-hybridized carbons (Fsp3) is 0.222. The molecule has 0 saturated heterocycles. The van der Waals surface area contributed by atoms with E-state index >= 15 is 0 Å². The van der Waals surface area contributed by atoms with E-state index in [1.807, 2.05) is 18.3 Å². The summed E-state index contributed by atoms with van der Waals surface area (Å²) in [7, 11) is 0. The number of aromatic amines is 1. The summed E-state index contributed by atoms with van der Waals surface area (Å²) in [5.41, 5.74) is 6.80. The first kappa shape index (κ1) is 9.85. The fourth-order valence-corrected chi connectivity index (χ4v) is 1.56. The maximum Gasteiger partial charge on any atom is 0.220 e. The Morgan fingerprint density at radius 1 is 1.53 bits per heavy atom. The van der Waals surface area contributed by atoms with Gasteiger partial charge in [0.05, 0.1) is 0 Å². The Labute approximate surface area is 92.0 Å². The summed E-state index contributed by atoms with van der Waals surface area (Å²) in [4.78, 5) is 4.04. The van der Waals surface area contributed by atoms with E-state index in [1.54, 1.807) is 10.8 Å². The van der Waals surface area contributed by atoms with Gasteiger partial charge in [-0.25, -0.2) is 5.10 Å². The van der Waals surface area contributed by atoms with Crippen molar-refractivity contribution < 1.29 is 0 Å². The molecule has 2 heterocycles. The van der Waals surface area contributed by atoms with Crippen LogP contribution in [0.15, 0.2) is 24.5 Å². The van der Waals surface area contributed by atoms with Gasteiger partial charge in [-0.3, -0.25) is 9.55 Å². The standard InChI is InChI=1S/C9H11N5S/c10-8-12-13-9(15)14(8)5-3-7-2-1-4-11-6-7/h1-2,4,6H,3,5H2,(H2,10,12)(H,13,15). The smallest absolute Gasteiger partial charge is 0.220 e. The second kappa shape index (κ2) is 4.22. The zero-order valence-electron chi connectivity index (χ0n) is 8.05. The van der Waals surface area contributed by atoms with Crippen molar-refractivity contribution >= 4 is 18.2 Å². The summed E-state index contributed by atoms with van der Waals surface area (Å²) in [5, 5.41) is 6.48. The lowest BCUT2D eigenvalue weighted by molar-refractivity contribution is 0.692. The number of hydrogen-bond acceptors (Lipinski definition) is 4. The number of pyridine rings is 1. The molecule has 2 aromatic rings. The minimum atomic E-state index is 0.420. The summed E-state index contributed by atoms with van der Waals surface area (Å²) in [6.07, 6.45) is 4.42. The predicted molar refractivity (Wildman–Crippen MR) is 59.8 cm³/mol. The average Bonchev–Trinajstić information content (AvgIpc) is 2.58. The number of hydrogen-bond donors (Lipinski definition) is 2. The van der Waals surface area contributed by atoms with Gasteiger partial charge in [-0.05, 0) is 30.3 Å². The Morgan fingerprint density at radius 2 is 2.40 bits per heavy atom. The molecule has 2 aromatic heterocycles. The summed E-state index contributed by atoms with van der Waals surface area (Å²) >= 11 is 5.04. The summed E-state index contributed by atoms with van der Waals surface area (Å²) in [5.74, 6) is 0.420. The lowest BCUT2D eigenvalue weighted by atomic mass is 10.2. The highest BCUT2D eigenvalue weighted by Gasteiger charge is 2.01. The van der Waals surface area contributed by atoms with Gasteiger partial charge in [-0.1, -0.05) is 6.07 Å². The van der Waals surface area contributed by atoms with E-state index < -0.39 is 0 Å². The summed E-state index contributed by atoms with van der Waals surface area (Å²) < 4.78 is 2.32. The number of nitrogens with one attached hydrogen (secondary N) is 1. The molecule has 0 spiro atoms. The van der Waals surface area contributed by atoms with Crippen LogP contribution in [0.2, 0.25) is 0 Å². The molecule has 78 valence electrons. The fourth-order valence-electron chi connectivity index (χ4n) is 1.33. The highest BCUT2D eigenvalue weighted by molar-refractivity contribution is 7.71. The molecule has 0 aliphatic rings. The van der Waals surface area contributed by atoms with Crippen molar-refractivity contribution in [3.63, 3.8) is 0 Å². The van der Waals surface area contributed by atoms with Gasteiger partial charge in [0, 0.05) is 18.9 Å². The minimum absolute atomic E-state index is 0.420. The van der Waals surface area contributed by atoms with Gasteiger partial charge >= 0.3 is 0 Å². The molecule has 0 saturated carbocycles. The van der Waals surface area contributed by atoms with Crippen LogP contribution in [0.4, 0.5) is 5.95 Å². The van der Waals surface area contributed by atoms with Crippen LogP contribution in [0.5, 0.6) is 0 Å². The van der Waals surface area contributed by atoms with Crippen LogP contribution in [0.3, 0.4) is 0 Å². The van der Waals surface area contributed by atoms with Crippen LogP contribution in [0.1, 0.15) is 5.56 Å². The van der Waals surface area contributed by atoms with Crippen LogP contribution in [-0.2, 0) is 13.0 Å². The second-order valence-electron chi connectivity index (χ2n) is 3.15. The van der Waals surface area contributed by atoms with Gasteiger partial charge in [-0.2, -0.15) is 0 Å². The molecule has 2 rings (SSSR count).